The fourth-order valence-electron chi connectivity index (χ4n) is 4.09. The number of amides is 1. The van der Waals surface area contributed by atoms with Gasteiger partial charge in [0.15, 0.2) is 0 Å². The molecule has 1 saturated heterocycles. The topological polar surface area (TPSA) is 45.3 Å². The number of carbonyl (C=O) groups is 1. The number of benzene rings is 2. The maximum absolute atomic E-state index is 14.9. The van der Waals surface area contributed by atoms with Crippen molar-refractivity contribution in [3.05, 3.63) is 71.8 Å². The zero-order valence-corrected chi connectivity index (χ0v) is 21.4. The van der Waals surface area contributed by atoms with Gasteiger partial charge in [-0.05, 0) is 31.9 Å². The van der Waals surface area contributed by atoms with Crippen molar-refractivity contribution in [3.8, 4) is 0 Å². The highest BCUT2D eigenvalue weighted by molar-refractivity contribution is 5.68. The lowest BCUT2D eigenvalue weighted by Gasteiger charge is -2.35. The summed E-state index contributed by atoms with van der Waals surface area (Å²) in [5.74, 6) is 0. The van der Waals surface area contributed by atoms with Crippen LogP contribution in [0.3, 0.4) is 0 Å². The third-order valence-electron chi connectivity index (χ3n) is 5.83. The van der Waals surface area contributed by atoms with Crippen LogP contribution in [0.1, 0.15) is 31.9 Å². The number of alkyl halides is 1. The third-order valence-corrected chi connectivity index (χ3v) is 5.83. The van der Waals surface area contributed by atoms with Gasteiger partial charge >= 0.3 is 6.09 Å². The van der Waals surface area contributed by atoms with Crippen molar-refractivity contribution in [1.29, 1.82) is 0 Å². The smallest absolute Gasteiger partial charge is 0.410 e. The van der Waals surface area contributed by atoms with E-state index in [4.69, 9.17) is 9.47 Å². The van der Waals surface area contributed by atoms with Gasteiger partial charge in [0, 0.05) is 52.4 Å². The molecule has 2 aromatic rings. The Kier molecular flexibility index (Phi) is 10.5. The molecule has 192 valence electrons. The van der Waals surface area contributed by atoms with Crippen LogP contribution in [0.4, 0.5) is 9.18 Å². The van der Waals surface area contributed by atoms with E-state index in [1.165, 1.54) is 11.1 Å². The van der Waals surface area contributed by atoms with Gasteiger partial charge in [0.1, 0.15) is 11.8 Å². The molecule has 1 fully saturated rings. The fraction of sp³-hybridized carbons (Fsp3) is 0.536. The minimum atomic E-state index is -1.06. The second kappa shape index (κ2) is 13.6. The molecule has 0 aliphatic carbocycles. The van der Waals surface area contributed by atoms with Crippen LogP contribution >= 0.6 is 0 Å². The SMILES string of the molecule is CC(C)(C)OC(=O)N1CCN(CCOCC(F)CN(Cc2ccccc2)Cc2ccccc2)CC1. The Morgan fingerprint density at radius 3 is 2.00 bits per heavy atom. The summed E-state index contributed by atoms with van der Waals surface area (Å²) in [6.07, 6.45) is -1.32. The molecule has 1 atom stereocenters. The monoisotopic (exact) mass is 485 g/mol. The molecule has 3 rings (SSSR count). The standard InChI is InChI=1S/C28H40FN3O3/c1-28(2,3)35-27(33)32-16-14-30(15-17-32)18-19-34-23-26(29)22-31(20-24-10-6-4-7-11-24)21-25-12-8-5-9-13-25/h4-13,26H,14-23H2,1-3H3. The molecule has 1 aliphatic heterocycles. The Labute approximate surface area is 209 Å². The van der Waals surface area contributed by atoms with E-state index in [-0.39, 0.29) is 12.7 Å². The van der Waals surface area contributed by atoms with E-state index in [1.807, 2.05) is 57.2 Å². The molecule has 0 aromatic heterocycles. The van der Waals surface area contributed by atoms with Crippen LogP contribution < -0.4 is 0 Å². The van der Waals surface area contributed by atoms with Crippen molar-refractivity contribution < 1.29 is 18.7 Å². The van der Waals surface area contributed by atoms with Crippen LogP contribution in [0.5, 0.6) is 0 Å². The Balaban J connectivity index is 1.37. The first kappa shape index (κ1) is 27.1. The van der Waals surface area contributed by atoms with Crippen LogP contribution in [0.25, 0.3) is 0 Å². The van der Waals surface area contributed by atoms with Crippen molar-refractivity contribution in [2.75, 3.05) is 52.5 Å². The summed E-state index contributed by atoms with van der Waals surface area (Å²) in [6, 6.07) is 20.3. The zero-order valence-electron chi connectivity index (χ0n) is 21.4. The van der Waals surface area contributed by atoms with Crippen molar-refractivity contribution in [2.45, 2.75) is 45.6 Å². The normalized spacial score (nSPS) is 15.9. The maximum atomic E-state index is 14.9. The van der Waals surface area contributed by atoms with Crippen LogP contribution in [-0.2, 0) is 22.6 Å². The summed E-state index contributed by atoms with van der Waals surface area (Å²) >= 11 is 0. The van der Waals surface area contributed by atoms with E-state index >= 15 is 0 Å². The summed E-state index contributed by atoms with van der Waals surface area (Å²) in [5.41, 5.74) is 1.85. The molecule has 0 saturated carbocycles. The molecule has 0 spiro atoms. The lowest BCUT2D eigenvalue weighted by atomic mass is 10.1. The van der Waals surface area contributed by atoms with Crippen molar-refractivity contribution in [3.63, 3.8) is 0 Å². The Morgan fingerprint density at radius 1 is 0.943 bits per heavy atom. The number of piperazine rings is 1. The van der Waals surface area contributed by atoms with Gasteiger partial charge in [0.25, 0.3) is 0 Å². The van der Waals surface area contributed by atoms with Gasteiger partial charge in [-0.2, -0.15) is 0 Å². The van der Waals surface area contributed by atoms with E-state index in [0.717, 1.165) is 19.6 Å². The Hall–Kier alpha value is -2.48. The quantitative estimate of drug-likeness (QED) is 0.436. The van der Waals surface area contributed by atoms with Gasteiger partial charge in [-0.15, -0.1) is 0 Å². The summed E-state index contributed by atoms with van der Waals surface area (Å²) in [5, 5.41) is 0. The van der Waals surface area contributed by atoms with E-state index in [0.29, 0.717) is 39.3 Å². The summed E-state index contributed by atoms with van der Waals surface area (Å²) in [7, 11) is 0. The second-order valence-corrected chi connectivity index (χ2v) is 10.1. The van der Waals surface area contributed by atoms with Crippen LogP contribution in [0.2, 0.25) is 0 Å². The lowest BCUT2D eigenvalue weighted by Crippen LogP contribution is -2.50. The average Bonchev–Trinajstić information content (AvgIpc) is 2.82. The molecule has 1 amide bonds. The highest BCUT2D eigenvalue weighted by Gasteiger charge is 2.25. The van der Waals surface area contributed by atoms with Crippen molar-refractivity contribution >= 4 is 6.09 Å². The highest BCUT2D eigenvalue weighted by Crippen LogP contribution is 2.13. The molecule has 1 aliphatic rings. The van der Waals surface area contributed by atoms with Gasteiger partial charge in [0.05, 0.1) is 13.2 Å². The maximum Gasteiger partial charge on any atom is 0.410 e. The summed E-state index contributed by atoms with van der Waals surface area (Å²) in [6.45, 7) is 11.4. The minimum absolute atomic E-state index is 0.0813. The minimum Gasteiger partial charge on any atom is -0.444 e. The molecule has 1 unspecified atom stereocenters. The first-order valence-corrected chi connectivity index (χ1v) is 12.5. The Morgan fingerprint density at radius 2 is 1.49 bits per heavy atom. The van der Waals surface area contributed by atoms with Gasteiger partial charge < -0.3 is 14.4 Å². The predicted molar refractivity (Wildman–Crippen MR) is 137 cm³/mol. The molecular formula is C28H40FN3O3. The van der Waals surface area contributed by atoms with Crippen LogP contribution in [-0.4, -0.2) is 85.0 Å². The lowest BCUT2D eigenvalue weighted by molar-refractivity contribution is 0.00852. The zero-order chi connectivity index (χ0) is 25.1. The van der Waals surface area contributed by atoms with E-state index in [1.54, 1.807) is 4.90 Å². The number of hydrogen-bond acceptors (Lipinski definition) is 5. The van der Waals surface area contributed by atoms with Gasteiger partial charge in [-0.1, -0.05) is 60.7 Å². The van der Waals surface area contributed by atoms with E-state index in [9.17, 15) is 9.18 Å². The molecule has 0 radical (unpaired) electrons. The van der Waals surface area contributed by atoms with Crippen molar-refractivity contribution in [2.24, 2.45) is 0 Å². The predicted octanol–water partition coefficient (Wildman–Crippen LogP) is 4.60. The van der Waals surface area contributed by atoms with Gasteiger partial charge in [-0.3, -0.25) is 9.80 Å². The number of hydrogen-bond donors (Lipinski definition) is 0. The van der Waals surface area contributed by atoms with E-state index < -0.39 is 11.8 Å². The largest absolute Gasteiger partial charge is 0.444 e. The molecule has 35 heavy (non-hydrogen) atoms. The molecule has 0 N–H and O–H groups in total. The summed E-state index contributed by atoms with van der Waals surface area (Å²) in [4.78, 5) is 18.3. The summed E-state index contributed by atoms with van der Waals surface area (Å²) < 4.78 is 26.0. The number of carbonyl (C=O) groups excluding carboxylic acids is 1. The third kappa shape index (κ3) is 10.3. The first-order valence-electron chi connectivity index (χ1n) is 12.5. The first-order chi connectivity index (χ1) is 16.8. The second-order valence-electron chi connectivity index (χ2n) is 10.1. The number of nitrogens with zero attached hydrogens (tertiary/aromatic N) is 3. The molecular weight excluding hydrogens is 445 g/mol. The van der Waals surface area contributed by atoms with E-state index in [2.05, 4.69) is 34.1 Å². The number of rotatable bonds is 11. The van der Waals surface area contributed by atoms with Crippen LogP contribution in [0.15, 0.2) is 60.7 Å². The van der Waals surface area contributed by atoms with Gasteiger partial charge in [0.2, 0.25) is 0 Å². The molecule has 6 nitrogen and oxygen atoms in total. The highest BCUT2D eigenvalue weighted by atomic mass is 19.1. The average molecular weight is 486 g/mol. The molecule has 0 bridgehead atoms. The molecule has 2 aromatic carbocycles. The van der Waals surface area contributed by atoms with Gasteiger partial charge in [-0.25, -0.2) is 9.18 Å². The molecule has 1 heterocycles. The Bertz CT molecular complexity index is 827. The molecule has 7 heteroatoms. The number of halogens is 1. The fourth-order valence-corrected chi connectivity index (χ4v) is 4.09. The number of ether oxygens (including phenoxy) is 2. The van der Waals surface area contributed by atoms with Crippen molar-refractivity contribution in [1.82, 2.24) is 14.7 Å². The van der Waals surface area contributed by atoms with Crippen LogP contribution in [0, 0.1) is 0 Å².